The van der Waals surface area contributed by atoms with Gasteiger partial charge in [0.2, 0.25) is 5.91 Å². The van der Waals surface area contributed by atoms with Gasteiger partial charge in [0, 0.05) is 65.5 Å². The number of hydrogen-bond donors (Lipinski definition) is 1. The van der Waals surface area contributed by atoms with Crippen molar-refractivity contribution in [2.45, 2.75) is 84.0 Å². The van der Waals surface area contributed by atoms with Crippen LogP contribution in [0.4, 0.5) is 0 Å². The van der Waals surface area contributed by atoms with Crippen molar-refractivity contribution in [1.82, 2.24) is 0 Å². The van der Waals surface area contributed by atoms with E-state index in [-0.39, 0.29) is 65.0 Å². The Hall–Kier alpha value is 1.47. The number of carbonyl (C=O) groups excluding carboxylic acids is 1. The van der Waals surface area contributed by atoms with Gasteiger partial charge >= 0.3 is 0 Å². The van der Waals surface area contributed by atoms with Gasteiger partial charge in [-0.3, -0.25) is 4.79 Å². The number of rotatable bonds is 12. The summed E-state index contributed by atoms with van der Waals surface area (Å²) in [5, 5.41) is 0. The maximum atomic E-state index is 10.5. The van der Waals surface area contributed by atoms with E-state index in [2.05, 4.69) is 6.92 Å². The van der Waals surface area contributed by atoms with E-state index in [1.165, 1.54) is 64.2 Å². The number of unbranched alkanes of at least 4 members (excludes halogenated alkanes) is 10. The van der Waals surface area contributed by atoms with Crippen molar-refractivity contribution in [3.05, 3.63) is 0 Å². The Bertz CT molecular complexity index is 166. The minimum Gasteiger partial charge on any atom is -0.370 e. The van der Waals surface area contributed by atoms with Crippen molar-refractivity contribution in [1.29, 1.82) is 0 Å². The molecule has 0 aliphatic rings. The predicted molar refractivity (Wildman–Crippen MR) is 81.8 cm³/mol. The summed E-state index contributed by atoms with van der Waals surface area (Å²) >= 11 is 0. The third-order valence-corrected chi connectivity index (χ3v) is 3.03. The van der Waals surface area contributed by atoms with Crippen LogP contribution in [0.2, 0.25) is 0 Å². The second-order valence-corrected chi connectivity index (χ2v) is 4.75. The molecule has 2 N–H and O–H groups in total. The average molecular weight is 273 g/mol. The molecule has 0 unspecified atom stereocenters. The first-order valence-electron chi connectivity index (χ1n) is 7.05. The maximum Gasteiger partial charge on any atom is 0.217 e. The van der Waals surface area contributed by atoms with Crippen LogP contribution in [-0.2, 0) is 4.79 Å². The molecule has 1 amide bonds. The van der Waals surface area contributed by atoms with Crippen molar-refractivity contribution < 1.29 is 4.79 Å². The summed E-state index contributed by atoms with van der Waals surface area (Å²) in [5.74, 6) is -0.157. The Morgan fingerprint density at radius 3 is 1.39 bits per heavy atom. The maximum absolute atomic E-state index is 10.5. The van der Waals surface area contributed by atoms with Crippen LogP contribution < -0.4 is 5.73 Å². The van der Waals surface area contributed by atoms with E-state index in [1.807, 2.05) is 0 Å². The van der Waals surface area contributed by atoms with Crippen LogP contribution >= 0.6 is 0 Å². The topological polar surface area (TPSA) is 43.1 Å². The molecule has 0 atom stereocenters. The molecule has 0 heterocycles. The molecule has 0 bridgehead atoms. The fraction of sp³-hybridized carbons (Fsp3) is 0.929. The van der Waals surface area contributed by atoms with Crippen molar-refractivity contribution in [2.75, 3.05) is 0 Å². The zero-order valence-corrected chi connectivity index (χ0v) is 17.0. The van der Waals surface area contributed by atoms with Crippen LogP contribution in [0.1, 0.15) is 84.0 Å². The van der Waals surface area contributed by atoms with E-state index in [9.17, 15) is 4.79 Å². The molecule has 98 valence electrons. The van der Waals surface area contributed by atoms with Crippen LogP contribution in [0, 0.1) is 0 Å². The average Bonchev–Trinajstić information content (AvgIpc) is 2.25. The summed E-state index contributed by atoms with van der Waals surface area (Å²) in [6.07, 6.45) is 15.0. The molecule has 0 rings (SSSR count). The minimum absolute atomic E-state index is 0. The van der Waals surface area contributed by atoms with Crippen LogP contribution in [-0.4, -0.2) is 65.0 Å². The second kappa shape index (κ2) is 20.8. The van der Waals surface area contributed by atoms with Gasteiger partial charge < -0.3 is 5.73 Å². The molecular weight excluding hydrogens is 244 g/mol. The Morgan fingerprint density at radius 1 is 0.722 bits per heavy atom. The van der Waals surface area contributed by atoms with E-state index in [0.29, 0.717) is 6.42 Å². The minimum atomic E-state index is -0.157. The number of carbonyl (C=O) groups is 1. The van der Waals surface area contributed by atoms with Crippen molar-refractivity contribution >= 4 is 65.0 Å². The van der Waals surface area contributed by atoms with E-state index in [0.717, 1.165) is 6.42 Å². The summed E-state index contributed by atoms with van der Waals surface area (Å²) in [4.78, 5) is 10.5. The predicted octanol–water partition coefficient (Wildman–Crippen LogP) is 3.41. The third-order valence-electron chi connectivity index (χ3n) is 3.03. The molecule has 0 aromatic carbocycles. The van der Waals surface area contributed by atoms with E-state index in [1.54, 1.807) is 0 Å². The van der Waals surface area contributed by atoms with E-state index in [4.69, 9.17) is 5.73 Å². The first kappa shape index (κ1) is 24.5. The Kier molecular flexibility index (Phi) is 28.3. The van der Waals surface area contributed by atoms with E-state index < -0.39 is 0 Å². The fourth-order valence-electron chi connectivity index (χ4n) is 1.96. The quantitative estimate of drug-likeness (QED) is 0.430. The monoisotopic (exact) mass is 273 g/mol. The summed E-state index contributed by atoms with van der Waals surface area (Å²) in [5.41, 5.74) is 5.07. The number of primary amides is 1. The van der Waals surface area contributed by atoms with Gasteiger partial charge in [0.15, 0.2) is 0 Å². The molecule has 2 nitrogen and oxygen atoms in total. The molecule has 18 heavy (non-hydrogen) atoms. The van der Waals surface area contributed by atoms with Gasteiger partial charge in [0.25, 0.3) is 0 Å². The van der Waals surface area contributed by atoms with Crippen LogP contribution in [0.25, 0.3) is 0 Å². The summed E-state index contributed by atoms with van der Waals surface area (Å²) in [6, 6.07) is 0. The molecular formula is C14H29NNa2O. The zero-order chi connectivity index (χ0) is 12.1. The van der Waals surface area contributed by atoms with Gasteiger partial charge in [0.1, 0.15) is 0 Å². The zero-order valence-electron chi connectivity index (χ0n) is 13.0. The molecule has 0 aliphatic heterocycles. The summed E-state index contributed by atoms with van der Waals surface area (Å²) < 4.78 is 0. The number of nitrogens with two attached hydrogens (primary N) is 1. The molecule has 0 fully saturated rings. The van der Waals surface area contributed by atoms with Crippen molar-refractivity contribution in [2.24, 2.45) is 5.73 Å². The standard InChI is InChI=1S/C14H29NO.2Na/c1-2-3-4-5-6-7-8-9-10-11-12-13-14(15)16;;/h2-13H2,1H3,(H2,15,16);;. The van der Waals surface area contributed by atoms with Gasteiger partial charge in [-0.25, -0.2) is 0 Å². The first-order chi connectivity index (χ1) is 7.77. The Balaban J connectivity index is -0.00000112. The molecule has 0 aliphatic carbocycles. The van der Waals surface area contributed by atoms with Gasteiger partial charge in [-0.05, 0) is 6.42 Å². The number of amides is 1. The van der Waals surface area contributed by atoms with Gasteiger partial charge in [-0.1, -0.05) is 71.1 Å². The van der Waals surface area contributed by atoms with Gasteiger partial charge in [-0.15, -0.1) is 0 Å². The molecule has 0 aromatic rings. The smallest absolute Gasteiger partial charge is 0.217 e. The second-order valence-electron chi connectivity index (χ2n) is 4.75. The van der Waals surface area contributed by atoms with E-state index >= 15 is 0 Å². The molecule has 0 aromatic heterocycles. The fourth-order valence-corrected chi connectivity index (χ4v) is 1.96. The summed E-state index contributed by atoms with van der Waals surface area (Å²) in [6.45, 7) is 2.26. The molecule has 0 saturated carbocycles. The Morgan fingerprint density at radius 2 is 1.06 bits per heavy atom. The van der Waals surface area contributed by atoms with Crippen molar-refractivity contribution in [3.63, 3.8) is 0 Å². The van der Waals surface area contributed by atoms with Gasteiger partial charge in [0.05, 0.1) is 0 Å². The third kappa shape index (κ3) is 22.6. The Labute approximate surface area is 158 Å². The van der Waals surface area contributed by atoms with Crippen LogP contribution in [0.5, 0.6) is 0 Å². The molecule has 2 radical (unpaired) electrons. The van der Waals surface area contributed by atoms with Crippen molar-refractivity contribution in [3.8, 4) is 0 Å². The van der Waals surface area contributed by atoms with Gasteiger partial charge in [-0.2, -0.15) is 0 Å². The largest absolute Gasteiger partial charge is 0.370 e. The summed E-state index contributed by atoms with van der Waals surface area (Å²) in [7, 11) is 0. The first-order valence-corrected chi connectivity index (χ1v) is 7.05. The van der Waals surface area contributed by atoms with Crippen LogP contribution in [0.3, 0.4) is 0 Å². The molecule has 0 spiro atoms. The van der Waals surface area contributed by atoms with Crippen LogP contribution in [0.15, 0.2) is 0 Å². The number of hydrogen-bond acceptors (Lipinski definition) is 1. The SMILES string of the molecule is CCCCCCCCCCCCCC(N)=O.[Na].[Na]. The normalized spacial score (nSPS) is 9.39. The molecule has 4 heteroatoms. The molecule has 0 saturated heterocycles.